The number of benzene rings is 1. The number of guanidine groups is 1. The van der Waals surface area contributed by atoms with Gasteiger partial charge in [-0.3, -0.25) is 4.68 Å². The standard InChI is InChI=1S/C21H31N5O4/c1-6-22-21(26-7-8-30-20(14-26)15-11-24-25(2)13-15)23-12-17-18(28-4)9-16(27-3)10-19(17)29-5/h9-11,13,20H,6-8,12,14H2,1-5H3,(H,22,23). The Morgan fingerprint density at radius 2 is 1.97 bits per heavy atom. The molecule has 1 aliphatic rings. The quantitative estimate of drug-likeness (QED) is 0.545. The lowest BCUT2D eigenvalue weighted by Crippen LogP contribution is -2.48. The summed E-state index contributed by atoms with van der Waals surface area (Å²) in [5, 5.41) is 7.65. The summed E-state index contributed by atoms with van der Waals surface area (Å²) in [5.41, 5.74) is 1.94. The summed E-state index contributed by atoms with van der Waals surface area (Å²) in [6, 6.07) is 3.68. The van der Waals surface area contributed by atoms with Crippen LogP contribution in [0.25, 0.3) is 0 Å². The van der Waals surface area contributed by atoms with Gasteiger partial charge in [0.25, 0.3) is 0 Å². The fourth-order valence-electron chi connectivity index (χ4n) is 3.46. The molecule has 1 fully saturated rings. The molecule has 0 spiro atoms. The number of morpholine rings is 1. The molecule has 2 heterocycles. The molecule has 3 rings (SSSR count). The highest BCUT2D eigenvalue weighted by atomic mass is 16.5. The molecular weight excluding hydrogens is 386 g/mol. The largest absolute Gasteiger partial charge is 0.496 e. The molecule has 0 saturated carbocycles. The summed E-state index contributed by atoms with van der Waals surface area (Å²) in [5.74, 6) is 2.87. The topological polar surface area (TPSA) is 82.4 Å². The highest BCUT2D eigenvalue weighted by Crippen LogP contribution is 2.34. The summed E-state index contributed by atoms with van der Waals surface area (Å²) >= 11 is 0. The van der Waals surface area contributed by atoms with Crippen LogP contribution < -0.4 is 19.5 Å². The third kappa shape index (κ3) is 4.96. The zero-order valence-corrected chi connectivity index (χ0v) is 18.3. The Bertz CT molecular complexity index is 842. The number of aromatic nitrogens is 2. The maximum absolute atomic E-state index is 5.97. The van der Waals surface area contributed by atoms with Gasteiger partial charge in [0.05, 0.1) is 52.8 Å². The van der Waals surface area contributed by atoms with E-state index in [1.807, 2.05) is 31.6 Å². The van der Waals surface area contributed by atoms with Gasteiger partial charge in [-0.1, -0.05) is 0 Å². The monoisotopic (exact) mass is 417 g/mol. The molecule has 1 aromatic heterocycles. The lowest BCUT2D eigenvalue weighted by Gasteiger charge is -2.34. The number of rotatable bonds is 7. The second-order valence-electron chi connectivity index (χ2n) is 6.93. The lowest BCUT2D eigenvalue weighted by molar-refractivity contribution is -0.00805. The first-order valence-corrected chi connectivity index (χ1v) is 10.0. The lowest BCUT2D eigenvalue weighted by atomic mass is 10.1. The van der Waals surface area contributed by atoms with Crippen LogP contribution in [-0.2, 0) is 18.3 Å². The molecule has 0 aliphatic carbocycles. The maximum Gasteiger partial charge on any atom is 0.194 e. The van der Waals surface area contributed by atoms with Gasteiger partial charge in [0.15, 0.2) is 5.96 Å². The molecule has 0 bridgehead atoms. The second-order valence-corrected chi connectivity index (χ2v) is 6.93. The summed E-state index contributed by atoms with van der Waals surface area (Å²) in [7, 11) is 6.79. The van der Waals surface area contributed by atoms with E-state index < -0.39 is 0 Å². The highest BCUT2D eigenvalue weighted by molar-refractivity contribution is 5.80. The van der Waals surface area contributed by atoms with Crippen molar-refractivity contribution in [2.24, 2.45) is 12.0 Å². The van der Waals surface area contributed by atoms with E-state index in [-0.39, 0.29) is 6.10 Å². The van der Waals surface area contributed by atoms with E-state index in [1.165, 1.54) is 0 Å². The van der Waals surface area contributed by atoms with Crippen LogP contribution in [0.4, 0.5) is 0 Å². The van der Waals surface area contributed by atoms with Crippen molar-refractivity contribution in [1.29, 1.82) is 0 Å². The molecule has 1 N–H and O–H groups in total. The molecule has 164 valence electrons. The fourth-order valence-corrected chi connectivity index (χ4v) is 3.46. The number of nitrogens with one attached hydrogen (secondary N) is 1. The van der Waals surface area contributed by atoms with Crippen molar-refractivity contribution in [3.05, 3.63) is 35.7 Å². The highest BCUT2D eigenvalue weighted by Gasteiger charge is 2.25. The third-order valence-electron chi connectivity index (χ3n) is 5.00. The number of aliphatic imine (C=N–C) groups is 1. The van der Waals surface area contributed by atoms with E-state index in [0.29, 0.717) is 36.9 Å². The number of methoxy groups -OCH3 is 3. The number of hydrogen-bond donors (Lipinski definition) is 1. The first kappa shape index (κ1) is 21.8. The van der Waals surface area contributed by atoms with Crippen LogP contribution in [-0.4, -0.2) is 68.2 Å². The van der Waals surface area contributed by atoms with E-state index in [0.717, 1.165) is 30.2 Å². The van der Waals surface area contributed by atoms with Crippen LogP contribution in [0.15, 0.2) is 29.5 Å². The van der Waals surface area contributed by atoms with Crippen LogP contribution in [0.3, 0.4) is 0 Å². The van der Waals surface area contributed by atoms with Crippen molar-refractivity contribution in [3.8, 4) is 17.2 Å². The third-order valence-corrected chi connectivity index (χ3v) is 5.00. The Labute approximate surface area is 177 Å². The van der Waals surface area contributed by atoms with Gasteiger partial charge in [-0.25, -0.2) is 4.99 Å². The van der Waals surface area contributed by atoms with Gasteiger partial charge in [-0.05, 0) is 6.92 Å². The summed E-state index contributed by atoms with van der Waals surface area (Å²) < 4.78 is 24.2. The molecule has 1 unspecified atom stereocenters. The van der Waals surface area contributed by atoms with Gasteiger partial charge in [-0.15, -0.1) is 0 Å². The predicted octanol–water partition coefficient (Wildman–Crippen LogP) is 1.98. The Kier molecular flexibility index (Phi) is 7.40. The molecule has 9 nitrogen and oxygen atoms in total. The number of hydrogen-bond acceptors (Lipinski definition) is 6. The van der Waals surface area contributed by atoms with E-state index in [4.69, 9.17) is 23.9 Å². The van der Waals surface area contributed by atoms with Crippen molar-refractivity contribution in [1.82, 2.24) is 20.0 Å². The molecular formula is C21H31N5O4. The smallest absolute Gasteiger partial charge is 0.194 e. The number of nitrogens with zero attached hydrogens (tertiary/aromatic N) is 4. The Morgan fingerprint density at radius 1 is 1.23 bits per heavy atom. The Balaban J connectivity index is 1.82. The van der Waals surface area contributed by atoms with Crippen molar-refractivity contribution in [2.75, 3.05) is 47.6 Å². The van der Waals surface area contributed by atoms with Gasteiger partial charge in [0, 0.05) is 44.0 Å². The van der Waals surface area contributed by atoms with Crippen LogP contribution in [0, 0.1) is 0 Å². The molecule has 0 radical (unpaired) electrons. The number of ether oxygens (including phenoxy) is 4. The normalized spacial score (nSPS) is 17.0. The summed E-state index contributed by atoms with van der Waals surface area (Å²) in [6.07, 6.45) is 3.80. The van der Waals surface area contributed by atoms with Gasteiger partial charge in [-0.2, -0.15) is 5.10 Å². The van der Waals surface area contributed by atoms with Gasteiger partial charge in [0.2, 0.25) is 0 Å². The molecule has 1 aromatic carbocycles. The molecule has 1 aliphatic heterocycles. The summed E-state index contributed by atoms with van der Waals surface area (Å²) in [4.78, 5) is 7.08. The number of aryl methyl sites for hydroxylation is 1. The van der Waals surface area contributed by atoms with Crippen molar-refractivity contribution >= 4 is 5.96 Å². The molecule has 1 atom stereocenters. The van der Waals surface area contributed by atoms with E-state index in [2.05, 4.69) is 22.2 Å². The zero-order valence-electron chi connectivity index (χ0n) is 18.3. The first-order chi connectivity index (χ1) is 14.6. The van der Waals surface area contributed by atoms with Crippen LogP contribution >= 0.6 is 0 Å². The predicted molar refractivity (Wildman–Crippen MR) is 114 cm³/mol. The van der Waals surface area contributed by atoms with Gasteiger partial charge < -0.3 is 29.2 Å². The van der Waals surface area contributed by atoms with Crippen molar-refractivity contribution in [2.45, 2.75) is 19.6 Å². The van der Waals surface area contributed by atoms with Crippen LogP contribution in [0.2, 0.25) is 0 Å². The minimum absolute atomic E-state index is 0.0404. The molecule has 0 amide bonds. The minimum Gasteiger partial charge on any atom is -0.496 e. The SMILES string of the molecule is CCNC(=NCc1c(OC)cc(OC)cc1OC)N1CCOC(c2cnn(C)c2)C1. The maximum atomic E-state index is 5.97. The fraction of sp³-hybridized carbons (Fsp3) is 0.524. The van der Waals surface area contributed by atoms with Crippen LogP contribution in [0.5, 0.6) is 17.2 Å². The average molecular weight is 418 g/mol. The first-order valence-electron chi connectivity index (χ1n) is 10.0. The Hall–Kier alpha value is -2.94. The van der Waals surface area contributed by atoms with E-state index in [9.17, 15) is 0 Å². The van der Waals surface area contributed by atoms with Gasteiger partial charge >= 0.3 is 0 Å². The average Bonchev–Trinajstić information content (AvgIpc) is 3.22. The second kappa shape index (κ2) is 10.2. The van der Waals surface area contributed by atoms with Crippen molar-refractivity contribution in [3.63, 3.8) is 0 Å². The van der Waals surface area contributed by atoms with E-state index >= 15 is 0 Å². The molecule has 9 heteroatoms. The molecule has 30 heavy (non-hydrogen) atoms. The molecule has 2 aromatic rings. The van der Waals surface area contributed by atoms with Crippen molar-refractivity contribution < 1.29 is 18.9 Å². The van der Waals surface area contributed by atoms with Gasteiger partial charge in [0.1, 0.15) is 23.4 Å². The minimum atomic E-state index is -0.0404. The zero-order chi connectivity index (χ0) is 21.5. The molecule has 1 saturated heterocycles. The van der Waals surface area contributed by atoms with E-state index in [1.54, 1.807) is 26.0 Å². The van der Waals surface area contributed by atoms with Crippen LogP contribution in [0.1, 0.15) is 24.2 Å². The Morgan fingerprint density at radius 3 is 2.53 bits per heavy atom. The summed E-state index contributed by atoms with van der Waals surface area (Å²) in [6.45, 7) is 5.33.